The minimum atomic E-state index is 0.489. The molecule has 1 aromatic carbocycles. The average molecular weight is 193 g/mol. The number of fused-ring (bicyclic) bond motifs is 1. The second-order valence-electron chi connectivity index (χ2n) is 2.83. The van der Waals surface area contributed by atoms with Crippen LogP contribution in [0.4, 0.5) is 0 Å². The van der Waals surface area contributed by atoms with Gasteiger partial charge in [0.05, 0.1) is 5.52 Å². The highest BCUT2D eigenvalue weighted by Gasteiger charge is 2.01. The summed E-state index contributed by atoms with van der Waals surface area (Å²) in [6, 6.07) is 9.65. The molecule has 1 aromatic heterocycles. The molecule has 0 bridgehead atoms. The topological polar surface area (TPSA) is 38.9 Å². The van der Waals surface area contributed by atoms with Crippen molar-refractivity contribution < 1.29 is 0 Å². The summed E-state index contributed by atoms with van der Waals surface area (Å²) in [5.41, 5.74) is 7.53. The van der Waals surface area contributed by atoms with E-state index in [2.05, 4.69) is 4.98 Å². The second kappa shape index (κ2) is 3.32. The molecule has 0 aliphatic rings. The van der Waals surface area contributed by atoms with Gasteiger partial charge in [0, 0.05) is 11.9 Å². The lowest BCUT2D eigenvalue weighted by molar-refractivity contribution is 1.08. The smallest absolute Gasteiger partial charge is 0.130 e. The van der Waals surface area contributed by atoms with Gasteiger partial charge in [-0.1, -0.05) is 29.8 Å². The highest BCUT2D eigenvalue weighted by Crippen LogP contribution is 2.19. The van der Waals surface area contributed by atoms with Gasteiger partial charge < -0.3 is 5.73 Å². The van der Waals surface area contributed by atoms with Gasteiger partial charge in [-0.25, -0.2) is 4.98 Å². The predicted molar refractivity (Wildman–Crippen MR) is 54.6 cm³/mol. The number of benzene rings is 1. The summed E-state index contributed by atoms with van der Waals surface area (Å²) < 4.78 is 0. The number of hydrogen-bond acceptors (Lipinski definition) is 2. The van der Waals surface area contributed by atoms with Crippen molar-refractivity contribution in [1.82, 2.24) is 4.98 Å². The van der Waals surface area contributed by atoms with Crippen molar-refractivity contribution in [1.29, 1.82) is 0 Å². The molecule has 13 heavy (non-hydrogen) atoms. The zero-order chi connectivity index (χ0) is 9.26. The Balaban J connectivity index is 2.81. The molecule has 1 heterocycles. The largest absolute Gasteiger partial charge is 0.326 e. The summed E-state index contributed by atoms with van der Waals surface area (Å²) in [5, 5.41) is 1.58. The average Bonchev–Trinajstić information content (AvgIpc) is 2.16. The summed E-state index contributed by atoms with van der Waals surface area (Å²) in [5.74, 6) is 0. The monoisotopic (exact) mass is 192 g/mol. The van der Waals surface area contributed by atoms with Crippen molar-refractivity contribution in [3.8, 4) is 0 Å². The number of halogens is 1. The van der Waals surface area contributed by atoms with Crippen LogP contribution in [0, 0.1) is 0 Å². The maximum absolute atomic E-state index is 5.84. The van der Waals surface area contributed by atoms with Gasteiger partial charge in [-0.05, 0) is 17.7 Å². The molecule has 0 fully saturated rings. The van der Waals surface area contributed by atoms with Gasteiger partial charge in [-0.15, -0.1) is 0 Å². The molecular weight excluding hydrogens is 184 g/mol. The molecule has 2 rings (SSSR count). The molecular formula is C10H9ClN2. The van der Waals surface area contributed by atoms with Gasteiger partial charge in [-0.2, -0.15) is 0 Å². The molecule has 0 aliphatic heterocycles. The number of hydrogen-bond donors (Lipinski definition) is 1. The molecule has 66 valence electrons. The van der Waals surface area contributed by atoms with Crippen molar-refractivity contribution in [2.75, 3.05) is 0 Å². The van der Waals surface area contributed by atoms with Gasteiger partial charge in [0.15, 0.2) is 0 Å². The summed E-state index contributed by atoms with van der Waals surface area (Å²) in [4.78, 5) is 4.19. The summed E-state index contributed by atoms with van der Waals surface area (Å²) in [6.07, 6.45) is 0. The Bertz CT molecular complexity index is 440. The van der Waals surface area contributed by atoms with Gasteiger partial charge in [0.2, 0.25) is 0 Å². The van der Waals surface area contributed by atoms with Gasteiger partial charge in [0.25, 0.3) is 0 Å². The summed E-state index contributed by atoms with van der Waals surface area (Å²) in [7, 11) is 0. The Morgan fingerprint density at radius 3 is 2.85 bits per heavy atom. The fourth-order valence-electron chi connectivity index (χ4n) is 1.38. The van der Waals surface area contributed by atoms with Crippen LogP contribution in [0.1, 0.15) is 5.56 Å². The van der Waals surface area contributed by atoms with E-state index in [9.17, 15) is 0 Å². The SMILES string of the molecule is NCc1cc(Cl)nc2ccccc12. The van der Waals surface area contributed by atoms with E-state index in [0.717, 1.165) is 16.5 Å². The Morgan fingerprint density at radius 1 is 1.31 bits per heavy atom. The van der Waals surface area contributed by atoms with Crippen LogP contribution in [-0.4, -0.2) is 4.98 Å². The number of rotatable bonds is 1. The first-order chi connectivity index (χ1) is 6.31. The number of nitrogens with two attached hydrogens (primary N) is 1. The maximum Gasteiger partial charge on any atom is 0.130 e. The van der Waals surface area contributed by atoms with E-state index < -0.39 is 0 Å². The van der Waals surface area contributed by atoms with Crippen LogP contribution in [0.25, 0.3) is 10.9 Å². The van der Waals surface area contributed by atoms with Crippen molar-refractivity contribution in [2.45, 2.75) is 6.54 Å². The molecule has 0 saturated heterocycles. The third-order valence-corrected chi connectivity index (χ3v) is 2.18. The van der Waals surface area contributed by atoms with Gasteiger partial charge in [-0.3, -0.25) is 0 Å². The quantitative estimate of drug-likeness (QED) is 0.705. The van der Waals surface area contributed by atoms with Crippen molar-refractivity contribution in [3.05, 3.63) is 41.0 Å². The van der Waals surface area contributed by atoms with Crippen molar-refractivity contribution >= 4 is 22.5 Å². The normalized spacial score (nSPS) is 10.6. The maximum atomic E-state index is 5.84. The Morgan fingerprint density at radius 2 is 2.08 bits per heavy atom. The molecule has 0 spiro atoms. The van der Waals surface area contributed by atoms with Crippen LogP contribution in [0.2, 0.25) is 5.15 Å². The first-order valence-electron chi connectivity index (χ1n) is 4.05. The predicted octanol–water partition coefficient (Wildman–Crippen LogP) is 2.35. The van der Waals surface area contributed by atoms with E-state index in [0.29, 0.717) is 11.7 Å². The fourth-order valence-corrected chi connectivity index (χ4v) is 1.60. The number of pyridine rings is 1. The summed E-state index contributed by atoms with van der Waals surface area (Å²) in [6.45, 7) is 0.489. The fraction of sp³-hybridized carbons (Fsp3) is 0.100. The lowest BCUT2D eigenvalue weighted by Gasteiger charge is -2.03. The standard InChI is InChI=1S/C10H9ClN2/c11-10-5-7(6-12)8-3-1-2-4-9(8)13-10/h1-5H,6,12H2. The van der Waals surface area contributed by atoms with Crippen LogP contribution in [0.3, 0.4) is 0 Å². The minimum Gasteiger partial charge on any atom is -0.326 e. The van der Waals surface area contributed by atoms with E-state index in [1.54, 1.807) is 0 Å². The molecule has 0 atom stereocenters. The first-order valence-corrected chi connectivity index (χ1v) is 4.43. The zero-order valence-corrected chi connectivity index (χ0v) is 7.75. The molecule has 0 saturated carbocycles. The van der Waals surface area contributed by atoms with E-state index >= 15 is 0 Å². The van der Waals surface area contributed by atoms with Gasteiger partial charge >= 0.3 is 0 Å². The van der Waals surface area contributed by atoms with E-state index in [1.807, 2.05) is 30.3 Å². The molecule has 3 heteroatoms. The third-order valence-electron chi connectivity index (χ3n) is 1.99. The number of para-hydroxylation sites is 1. The molecule has 0 amide bonds. The second-order valence-corrected chi connectivity index (χ2v) is 3.21. The van der Waals surface area contributed by atoms with Gasteiger partial charge in [0.1, 0.15) is 5.15 Å². The lowest BCUT2D eigenvalue weighted by atomic mass is 10.1. The van der Waals surface area contributed by atoms with E-state index in [1.165, 1.54) is 0 Å². The highest BCUT2D eigenvalue weighted by molar-refractivity contribution is 6.29. The minimum absolute atomic E-state index is 0.489. The molecule has 0 aliphatic carbocycles. The van der Waals surface area contributed by atoms with E-state index in [4.69, 9.17) is 17.3 Å². The Kier molecular flexibility index (Phi) is 2.17. The van der Waals surface area contributed by atoms with Crippen molar-refractivity contribution in [2.24, 2.45) is 5.73 Å². The lowest BCUT2D eigenvalue weighted by Crippen LogP contribution is -1.98. The number of nitrogens with zero attached hydrogens (tertiary/aromatic N) is 1. The van der Waals surface area contributed by atoms with Crippen LogP contribution < -0.4 is 5.73 Å². The van der Waals surface area contributed by atoms with Crippen LogP contribution in [-0.2, 0) is 6.54 Å². The molecule has 0 radical (unpaired) electrons. The highest BCUT2D eigenvalue weighted by atomic mass is 35.5. The molecule has 0 unspecified atom stereocenters. The van der Waals surface area contributed by atoms with E-state index in [-0.39, 0.29) is 0 Å². The molecule has 2 aromatic rings. The van der Waals surface area contributed by atoms with Crippen LogP contribution in [0.15, 0.2) is 30.3 Å². The Hall–Kier alpha value is -1.12. The third kappa shape index (κ3) is 1.50. The van der Waals surface area contributed by atoms with Crippen LogP contribution in [0.5, 0.6) is 0 Å². The molecule has 2 N–H and O–H groups in total. The van der Waals surface area contributed by atoms with Crippen molar-refractivity contribution in [3.63, 3.8) is 0 Å². The Labute approximate surface area is 81.3 Å². The molecule has 2 nitrogen and oxygen atoms in total. The number of aromatic nitrogens is 1. The zero-order valence-electron chi connectivity index (χ0n) is 7.00. The van der Waals surface area contributed by atoms with Crippen LogP contribution >= 0.6 is 11.6 Å². The first kappa shape index (κ1) is 8.48. The summed E-state index contributed by atoms with van der Waals surface area (Å²) >= 11 is 5.84.